The smallest absolute Gasteiger partial charge is 0.157 e. The molecule has 0 saturated heterocycles. The molecule has 0 amide bonds. The minimum Gasteiger partial charge on any atom is -0.384 e. The quantitative estimate of drug-likeness (QED) is 0.591. The number of aromatic nitrogens is 4. The van der Waals surface area contributed by atoms with E-state index < -0.39 is 0 Å². The topological polar surface area (TPSA) is 93.5 Å². The van der Waals surface area contributed by atoms with Gasteiger partial charge in [0, 0.05) is 18.0 Å². The van der Waals surface area contributed by atoms with Crippen molar-refractivity contribution in [1.29, 1.82) is 5.41 Å². The highest BCUT2D eigenvalue weighted by Crippen LogP contribution is 2.10. The predicted octanol–water partition coefficient (Wildman–Crippen LogP) is 0.872. The average Bonchev–Trinajstić information content (AvgIpc) is 2.59. The molecule has 0 aliphatic carbocycles. The number of hydrogen-bond donors (Lipinski definition) is 2. The lowest BCUT2D eigenvalue weighted by atomic mass is 10.2. The second-order valence-electron chi connectivity index (χ2n) is 3.90. The van der Waals surface area contributed by atoms with E-state index in [0.717, 1.165) is 5.69 Å². The maximum absolute atomic E-state index is 7.43. The van der Waals surface area contributed by atoms with Crippen LogP contribution in [0.5, 0.6) is 0 Å². The first-order valence-electron chi connectivity index (χ1n) is 5.20. The standard InChI is InChI=1S/C11H14N6/c1-6-4-10(15-8(3)14-6)17-5-9(11(12)13)7(2)16-17/h4-5H,1-3H3,(H3,12,13). The first-order valence-corrected chi connectivity index (χ1v) is 5.20. The van der Waals surface area contributed by atoms with E-state index in [1.54, 1.807) is 10.9 Å². The molecule has 0 aliphatic rings. The van der Waals surface area contributed by atoms with Crippen LogP contribution in [0, 0.1) is 26.2 Å². The molecule has 2 rings (SSSR count). The molecule has 3 N–H and O–H groups in total. The molecular weight excluding hydrogens is 216 g/mol. The second kappa shape index (κ2) is 3.97. The van der Waals surface area contributed by atoms with Crippen LogP contribution in [0.3, 0.4) is 0 Å². The largest absolute Gasteiger partial charge is 0.384 e. The Morgan fingerprint density at radius 3 is 2.53 bits per heavy atom. The zero-order chi connectivity index (χ0) is 12.6. The average molecular weight is 230 g/mol. The number of nitrogen functional groups attached to an aromatic ring is 1. The lowest BCUT2D eigenvalue weighted by Crippen LogP contribution is -2.11. The molecular formula is C11H14N6. The van der Waals surface area contributed by atoms with Crippen LogP contribution in [0.25, 0.3) is 5.82 Å². The Morgan fingerprint density at radius 2 is 2.00 bits per heavy atom. The maximum atomic E-state index is 7.43. The molecule has 2 heterocycles. The van der Waals surface area contributed by atoms with Gasteiger partial charge in [-0.05, 0) is 20.8 Å². The highest BCUT2D eigenvalue weighted by atomic mass is 15.3. The lowest BCUT2D eigenvalue weighted by molar-refractivity contribution is 0.811. The SMILES string of the molecule is Cc1cc(-n2cc(C(=N)N)c(C)n2)nc(C)n1. The molecule has 17 heavy (non-hydrogen) atoms. The van der Waals surface area contributed by atoms with Crippen LogP contribution in [0.1, 0.15) is 22.8 Å². The van der Waals surface area contributed by atoms with E-state index in [2.05, 4.69) is 15.1 Å². The van der Waals surface area contributed by atoms with Crippen LogP contribution in [0.4, 0.5) is 0 Å². The lowest BCUT2D eigenvalue weighted by Gasteiger charge is -2.02. The van der Waals surface area contributed by atoms with E-state index >= 15 is 0 Å². The van der Waals surface area contributed by atoms with E-state index in [9.17, 15) is 0 Å². The second-order valence-corrected chi connectivity index (χ2v) is 3.90. The summed E-state index contributed by atoms with van der Waals surface area (Å²) in [5.41, 5.74) is 7.68. The first kappa shape index (κ1) is 11.3. The summed E-state index contributed by atoms with van der Waals surface area (Å²) in [6.07, 6.45) is 1.71. The summed E-state index contributed by atoms with van der Waals surface area (Å²) >= 11 is 0. The molecule has 0 fully saturated rings. The summed E-state index contributed by atoms with van der Waals surface area (Å²) in [6.45, 7) is 5.55. The van der Waals surface area contributed by atoms with Crippen LogP contribution in [-0.4, -0.2) is 25.6 Å². The third-order valence-corrected chi connectivity index (χ3v) is 2.38. The molecule has 2 aromatic heterocycles. The van der Waals surface area contributed by atoms with Gasteiger partial charge in [0.25, 0.3) is 0 Å². The summed E-state index contributed by atoms with van der Waals surface area (Å²) in [6, 6.07) is 1.84. The van der Waals surface area contributed by atoms with Gasteiger partial charge in [0.15, 0.2) is 5.82 Å². The maximum Gasteiger partial charge on any atom is 0.157 e. The summed E-state index contributed by atoms with van der Waals surface area (Å²) < 4.78 is 1.62. The number of rotatable bonds is 2. The number of hydrogen-bond acceptors (Lipinski definition) is 4. The van der Waals surface area contributed by atoms with Gasteiger partial charge in [0.1, 0.15) is 11.7 Å². The first-order chi connectivity index (χ1) is 7.97. The molecule has 2 aromatic rings. The zero-order valence-corrected chi connectivity index (χ0v) is 10.0. The Hall–Kier alpha value is -2.24. The fourth-order valence-electron chi connectivity index (χ4n) is 1.66. The van der Waals surface area contributed by atoms with Crippen molar-refractivity contribution in [3.63, 3.8) is 0 Å². The monoisotopic (exact) mass is 230 g/mol. The van der Waals surface area contributed by atoms with Crippen LogP contribution in [0.15, 0.2) is 12.3 Å². The van der Waals surface area contributed by atoms with Gasteiger partial charge in [-0.15, -0.1) is 0 Å². The van der Waals surface area contributed by atoms with Crippen LogP contribution in [0.2, 0.25) is 0 Å². The van der Waals surface area contributed by atoms with E-state index in [1.807, 2.05) is 26.8 Å². The Balaban J connectivity index is 2.53. The highest BCUT2D eigenvalue weighted by molar-refractivity contribution is 5.95. The Bertz CT molecular complexity index is 563. The fraction of sp³-hybridized carbons (Fsp3) is 0.273. The van der Waals surface area contributed by atoms with Crippen LogP contribution < -0.4 is 5.73 Å². The van der Waals surface area contributed by atoms with Gasteiger partial charge in [-0.1, -0.05) is 0 Å². The summed E-state index contributed by atoms with van der Waals surface area (Å²) in [4.78, 5) is 8.50. The molecule has 0 saturated carbocycles. The summed E-state index contributed by atoms with van der Waals surface area (Å²) in [5, 5.41) is 11.7. The van der Waals surface area contributed by atoms with Crippen molar-refractivity contribution in [3.05, 3.63) is 35.0 Å². The summed E-state index contributed by atoms with van der Waals surface area (Å²) in [7, 11) is 0. The van der Waals surface area contributed by atoms with Crippen molar-refractivity contribution < 1.29 is 0 Å². The van der Waals surface area contributed by atoms with Gasteiger partial charge >= 0.3 is 0 Å². The van der Waals surface area contributed by atoms with Gasteiger partial charge in [-0.3, -0.25) is 5.41 Å². The van der Waals surface area contributed by atoms with Crippen molar-refractivity contribution >= 4 is 5.84 Å². The van der Waals surface area contributed by atoms with E-state index in [0.29, 0.717) is 22.9 Å². The molecule has 0 aromatic carbocycles. The van der Waals surface area contributed by atoms with Gasteiger partial charge in [0.2, 0.25) is 0 Å². The Morgan fingerprint density at radius 1 is 1.29 bits per heavy atom. The van der Waals surface area contributed by atoms with Gasteiger partial charge < -0.3 is 5.73 Å². The van der Waals surface area contributed by atoms with Crippen molar-refractivity contribution in [2.24, 2.45) is 5.73 Å². The number of nitrogens with zero attached hydrogens (tertiary/aromatic N) is 4. The molecule has 88 valence electrons. The molecule has 0 radical (unpaired) electrons. The van der Waals surface area contributed by atoms with Crippen molar-refractivity contribution in [2.75, 3.05) is 0 Å². The third-order valence-electron chi connectivity index (χ3n) is 2.38. The number of nitrogens with two attached hydrogens (primary N) is 1. The molecule has 0 atom stereocenters. The minimum atomic E-state index is 0.0104. The zero-order valence-electron chi connectivity index (χ0n) is 10.0. The van der Waals surface area contributed by atoms with Crippen LogP contribution in [-0.2, 0) is 0 Å². The molecule has 0 aliphatic heterocycles. The number of amidine groups is 1. The Labute approximate surface area is 99.0 Å². The molecule has 0 bridgehead atoms. The fourth-order valence-corrected chi connectivity index (χ4v) is 1.66. The number of aryl methyl sites for hydroxylation is 3. The van der Waals surface area contributed by atoms with E-state index in [4.69, 9.17) is 11.1 Å². The van der Waals surface area contributed by atoms with Gasteiger partial charge in [-0.25, -0.2) is 14.6 Å². The van der Waals surface area contributed by atoms with Crippen molar-refractivity contribution in [1.82, 2.24) is 19.7 Å². The summed E-state index contributed by atoms with van der Waals surface area (Å²) in [5.74, 6) is 1.39. The van der Waals surface area contributed by atoms with Crippen molar-refractivity contribution in [2.45, 2.75) is 20.8 Å². The molecule has 6 nitrogen and oxygen atoms in total. The molecule has 0 spiro atoms. The Kier molecular flexibility index (Phi) is 2.63. The normalized spacial score (nSPS) is 10.5. The van der Waals surface area contributed by atoms with Crippen LogP contribution >= 0.6 is 0 Å². The number of nitrogens with one attached hydrogen (secondary N) is 1. The van der Waals surface area contributed by atoms with E-state index in [-0.39, 0.29) is 5.84 Å². The highest BCUT2D eigenvalue weighted by Gasteiger charge is 2.10. The van der Waals surface area contributed by atoms with Gasteiger partial charge in [0.05, 0.1) is 11.3 Å². The predicted molar refractivity (Wildman–Crippen MR) is 64.4 cm³/mol. The molecule has 6 heteroatoms. The van der Waals surface area contributed by atoms with Crippen molar-refractivity contribution in [3.8, 4) is 5.82 Å². The minimum absolute atomic E-state index is 0.0104. The van der Waals surface area contributed by atoms with E-state index in [1.165, 1.54) is 0 Å². The van der Waals surface area contributed by atoms with Gasteiger partial charge in [-0.2, -0.15) is 5.10 Å². The molecule has 0 unspecified atom stereocenters. The third kappa shape index (κ3) is 2.15.